The number of piperidine rings is 2. The minimum Gasteiger partial charge on any atom is -0.371 e. The molecular weight excluding hydrogens is 410 g/mol. The summed E-state index contributed by atoms with van der Waals surface area (Å²) in [4.78, 5) is 19.2. The number of nitrogens with one attached hydrogen (secondary N) is 1. The fraction of sp³-hybridized carbons (Fsp3) is 0.519. The highest BCUT2D eigenvalue weighted by molar-refractivity contribution is 5.96. The number of aldehydes is 1. The molecule has 2 aromatic heterocycles. The third-order valence-corrected chi connectivity index (χ3v) is 8.38. The number of aromatic nitrogens is 3. The summed E-state index contributed by atoms with van der Waals surface area (Å²) in [6, 6.07) is 10.4. The number of anilines is 1. The average Bonchev–Trinajstić information content (AvgIpc) is 3.18. The lowest BCUT2D eigenvalue weighted by atomic mass is 9.71. The van der Waals surface area contributed by atoms with Gasteiger partial charge >= 0.3 is 0 Å². The molecule has 3 aliphatic rings. The number of fused-ring (bicyclic) bond motifs is 1. The van der Waals surface area contributed by atoms with Crippen molar-refractivity contribution in [2.45, 2.75) is 57.8 Å². The Morgan fingerprint density at radius 1 is 1.06 bits per heavy atom. The molecule has 6 nitrogen and oxygen atoms in total. The summed E-state index contributed by atoms with van der Waals surface area (Å²) < 4.78 is 1.97. The first-order chi connectivity index (χ1) is 16.2. The van der Waals surface area contributed by atoms with E-state index in [0.29, 0.717) is 17.0 Å². The van der Waals surface area contributed by atoms with Crippen molar-refractivity contribution in [1.29, 1.82) is 0 Å². The van der Waals surface area contributed by atoms with Crippen LogP contribution in [0.1, 0.15) is 72.6 Å². The fourth-order valence-electron chi connectivity index (χ4n) is 5.96. The molecule has 0 amide bonds. The number of pyridine rings is 1. The molecule has 1 aliphatic carbocycles. The van der Waals surface area contributed by atoms with Gasteiger partial charge in [-0.15, -0.1) is 0 Å². The Bertz CT molecular complexity index is 1160. The lowest BCUT2D eigenvalue weighted by Gasteiger charge is -2.45. The molecule has 1 aromatic carbocycles. The van der Waals surface area contributed by atoms with Gasteiger partial charge in [0.2, 0.25) is 0 Å². The molecular formula is C27H33N5O. The van der Waals surface area contributed by atoms with Crippen molar-refractivity contribution < 1.29 is 4.79 Å². The van der Waals surface area contributed by atoms with Crippen LogP contribution < -0.4 is 10.2 Å². The van der Waals surface area contributed by atoms with Gasteiger partial charge in [0, 0.05) is 19.0 Å². The topological polar surface area (TPSA) is 63.1 Å². The van der Waals surface area contributed by atoms with E-state index in [1.807, 2.05) is 10.7 Å². The summed E-state index contributed by atoms with van der Waals surface area (Å²) in [6.45, 7) is 6.46. The van der Waals surface area contributed by atoms with E-state index in [9.17, 15) is 4.79 Å². The van der Waals surface area contributed by atoms with Gasteiger partial charge < -0.3 is 10.2 Å². The van der Waals surface area contributed by atoms with Gasteiger partial charge in [0.1, 0.15) is 5.69 Å². The molecule has 4 heterocycles. The predicted molar refractivity (Wildman–Crippen MR) is 132 cm³/mol. The summed E-state index contributed by atoms with van der Waals surface area (Å²) in [5, 5.41) is 9.81. The van der Waals surface area contributed by atoms with E-state index in [1.54, 1.807) is 0 Å². The molecule has 1 N–H and O–H groups in total. The molecule has 2 saturated heterocycles. The number of carbonyl (C=O) groups is 1. The van der Waals surface area contributed by atoms with Gasteiger partial charge in [-0.1, -0.05) is 24.1 Å². The Hall–Kier alpha value is -2.73. The molecule has 172 valence electrons. The number of hydrogen-bond donors (Lipinski definition) is 1. The lowest BCUT2D eigenvalue weighted by Crippen LogP contribution is -2.45. The smallest absolute Gasteiger partial charge is 0.168 e. The van der Waals surface area contributed by atoms with Crippen LogP contribution in [0.2, 0.25) is 0 Å². The summed E-state index contributed by atoms with van der Waals surface area (Å²) in [5.74, 6) is 0.488. The van der Waals surface area contributed by atoms with Gasteiger partial charge in [0.25, 0.3) is 0 Å². The van der Waals surface area contributed by atoms with Crippen molar-refractivity contribution in [2.75, 3.05) is 31.1 Å². The van der Waals surface area contributed by atoms with E-state index in [4.69, 9.17) is 10.1 Å². The van der Waals surface area contributed by atoms with Crippen LogP contribution >= 0.6 is 0 Å². The quantitative estimate of drug-likeness (QED) is 0.588. The minimum atomic E-state index is 0.488. The Morgan fingerprint density at radius 3 is 2.42 bits per heavy atom. The first-order valence-electron chi connectivity index (χ1n) is 12.6. The fourth-order valence-corrected chi connectivity index (χ4v) is 5.96. The molecule has 1 spiro atoms. The number of hydrogen-bond acceptors (Lipinski definition) is 5. The highest BCUT2D eigenvalue weighted by atomic mass is 16.1. The number of benzene rings is 1. The van der Waals surface area contributed by atoms with E-state index < -0.39 is 0 Å². The third kappa shape index (κ3) is 3.65. The van der Waals surface area contributed by atoms with Crippen LogP contribution in [0.3, 0.4) is 0 Å². The first kappa shape index (κ1) is 20.8. The van der Waals surface area contributed by atoms with Crippen molar-refractivity contribution in [3.05, 3.63) is 47.3 Å². The van der Waals surface area contributed by atoms with Gasteiger partial charge in [0.05, 0.1) is 22.5 Å². The van der Waals surface area contributed by atoms with E-state index in [1.165, 1.54) is 56.2 Å². The van der Waals surface area contributed by atoms with Gasteiger partial charge in [-0.25, -0.2) is 9.67 Å². The molecule has 0 unspecified atom stereocenters. The zero-order chi connectivity index (χ0) is 22.4. The SMILES string of the molecule is Cc1ccc(-n2nc(C3CCC3)c3c(N4CCC5(CCNCC5)CC4)cc(C=O)nc32)cc1. The monoisotopic (exact) mass is 443 g/mol. The molecule has 2 aliphatic heterocycles. The van der Waals surface area contributed by atoms with Crippen LogP contribution in [0.15, 0.2) is 30.3 Å². The molecule has 33 heavy (non-hydrogen) atoms. The molecule has 6 rings (SSSR count). The highest BCUT2D eigenvalue weighted by Gasteiger charge is 2.37. The third-order valence-electron chi connectivity index (χ3n) is 8.38. The Kier molecular flexibility index (Phi) is 5.21. The second-order valence-corrected chi connectivity index (χ2v) is 10.4. The average molecular weight is 444 g/mol. The van der Waals surface area contributed by atoms with Gasteiger partial charge in [0.15, 0.2) is 11.9 Å². The van der Waals surface area contributed by atoms with Crippen molar-refractivity contribution in [3.63, 3.8) is 0 Å². The van der Waals surface area contributed by atoms with Crippen LogP contribution in [0.25, 0.3) is 16.7 Å². The molecule has 0 radical (unpaired) electrons. The lowest BCUT2D eigenvalue weighted by molar-refractivity contribution is 0.111. The Labute approximate surface area is 195 Å². The van der Waals surface area contributed by atoms with Gasteiger partial charge in [-0.05, 0) is 82.2 Å². The number of aryl methyl sites for hydroxylation is 1. The van der Waals surface area contributed by atoms with Crippen LogP contribution in [0.5, 0.6) is 0 Å². The zero-order valence-corrected chi connectivity index (χ0v) is 19.5. The maximum absolute atomic E-state index is 11.9. The van der Waals surface area contributed by atoms with Crippen molar-refractivity contribution in [3.8, 4) is 5.69 Å². The van der Waals surface area contributed by atoms with Crippen LogP contribution in [-0.2, 0) is 0 Å². The van der Waals surface area contributed by atoms with Gasteiger partial charge in [-0.3, -0.25) is 4.79 Å². The standard InChI is InChI=1S/C27H33N5O/c1-19-5-7-22(8-6-19)32-26-24(25(30-32)20-3-2-4-20)23(17-21(18-33)29-26)31-15-11-27(12-16-31)9-13-28-14-10-27/h5-8,17-18,20,28H,2-4,9-16H2,1H3. The molecule has 3 aromatic rings. The highest BCUT2D eigenvalue weighted by Crippen LogP contribution is 2.45. The van der Waals surface area contributed by atoms with E-state index in [0.717, 1.165) is 54.9 Å². The van der Waals surface area contributed by atoms with Crippen LogP contribution in [-0.4, -0.2) is 47.2 Å². The second kappa shape index (κ2) is 8.24. The summed E-state index contributed by atoms with van der Waals surface area (Å²) in [5.41, 5.74) is 6.35. The normalized spacial score (nSPS) is 20.8. The van der Waals surface area contributed by atoms with Crippen molar-refractivity contribution >= 4 is 23.0 Å². The van der Waals surface area contributed by atoms with Gasteiger partial charge in [-0.2, -0.15) is 5.10 Å². The van der Waals surface area contributed by atoms with Crippen LogP contribution in [0, 0.1) is 12.3 Å². The van der Waals surface area contributed by atoms with Crippen molar-refractivity contribution in [1.82, 2.24) is 20.1 Å². The van der Waals surface area contributed by atoms with Crippen molar-refractivity contribution in [2.24, 2.45) is 5.41 Å². The second-order valence-electron chi connectivity index (χ2n) is 10.4. The largest absolute Gasteiger partial charge is 0.371 e. The summed E-state index contributed by atoms with van der Waals surface area (Å²) in [6.07, 6.45) is 9.53. The Balaban J connectivity index is 1.46. The maximum Gasteiger partial charge on any atom is 0.168 e. The number of rotatable bonds is 4. The molecule has 0 atom stereocenters. The number of carbonyl (C=O) groups excluding carboxylic acids is 1. The Morgan fingerprint density at radius 2 is 1.79 bits per heavy atom. The maximum atomic E-state index is 11.9. The zero-order valence-electron chi connectivity index (χ0n) is 19.5. The minimum absolute atomic E-state index is 0.488. The molecule has 6 heteroatoms. The van der Waals surface area contributed by atoms with E-state index in [-0.39, 0.29) is 0 Å². The molecule has 1 saturated carbocycles. The molecule has 3 fully saturated rings. The van der Waals surface area contributed by atoms with E-state index >= 15 is 0 Å². The summed E-state index contributed by atoms with van der Waals surface area (Å²) in [7, 11) is 0. The number of nitrogens with zero attached hydrogens (tertiary/aromatic N) is 4. The van der Waals surface area contributed by atoms with Crippen LogP contribution in [0.4, 0.5) is 5.69 Å². The predicted octanol–water partition coefficient (Wildman–Crippen LogP) is 4.78. The summed E-state index contributed by atoms with van der Waals surface area (Å²) >= 11 is 0. The molecule has 0 bridgehead atoms. The first-order valence-corrected chi connectivity index (χ1v) is 12.6. The van der Waals surface area contributed by atoms with E-state index in [2.05, 4.69) is 41.4 Å².